The first-order chi connectivity index (χ1) is 6.13. The maximum atomic E-state index is 5.89. The zero-order valence-corrected chi connectivity index (χ0v) is 8.17. The van der Waals surface area contributed by atoms with E-state index in [0.29, 0.717) is 16.5 Å². The van der Waals surface area contributed by atoms with Gasteiger partial charge in [-0.3, -0.25) is 0 Å². The van der Waals surface area contributed by atoms with Crippen LogP contribution in [-0.4, -0.2) is 11.0 Å². The number of rotatable bonds is 3. The topological polar surface area (TPSA) is 50.9 Å². The molecule has 1 heterocycles. The molecule has 0 saturated heterocycles. The Morgan fingerprint density at radius 3 is 3.00 bits per heavy atom. The molecule has 13 heavy (non-hydrogen) atoms. The molecule has 0 amide bonds. The fourth-order valence-corrected chi connectivity index (χ4v) is 1.06. The van der Waals surface area contributed by atoms with Crippen LogP contribution in [0.1, 0.15) is 6.92 Å². The van der Waals surface area contributed by atoms with Crippen LogP contribution in [-0.2, 0) is 0 Å². The van der Waals surface area contributed by atoms with Gasteiger partial charge in [0.25, 0.3) is 0 Å². The Morgan fingerprint density at radius 1 is 1.77 bits per heavy atom. The molecule has 0 aliphatic carbocycles. The summed E-state index contributed by atoms with van der Waals surface area (Å²) in [4.78, 5) is 4.05. The Bertz CT molecular complexity index is 312. The summed E-state index contributed by atoms with van der Waals surface area (Å²) in [5.74, 6) is 0.628. The van der Waals surface area contributed by atoms with Gasteiger partial charge in [0.05, 0.1) is 16.9 Å². The first-order valence-electron chi connectivity index (χ1n) is 3.93. The zero-order chi connectivity index (χ0) is 9.84. The third kappa shape index (κ3) is 2.63. The van der Waals surface area contributed by atoms with Crippen molar-refractivity contribution in [1.29, 1.82) is 0 Å². The molecule has 1 atom stereocenters. The van der Waals surface area contributed by atoms with Gasteiger partial charge in [-0.25, -0.2) is 4.98 Å². The van der Waals surface area contributed by atoms with Crippen molar-refractivity contribution in [2.75, 3.05) is 11.1 Å². The molecule has 0 bridgehead atoms. The molecule has 0 aliphatic rings. The van der Waals surface area contributed by atoms with E-state index in [1.807, 2.05) is 6.92 Å². The fraction of sp³-hybridized carbons (Fsp3) is 0.222. The van der Waals surface area contributed by atoms with E-state index in [-0.39, 0.29) is 6.04 Å². The Labute approximate surface area is 82.6 Å². The Hall–Kier alpha value is -1.22. The lowest BCUT2D eigenvalue weighted by molar-refractivity contribution is 0.984. The lowest BCUT2D eigenvalue weighted by atomic mass is 10.3. The maximum absolute atomic E-state index is 5.89. The number of nitrogens with two attached hydrogens (primary N) is 1. The summed E-state index contributed by atoms with van der Waals surface area (Å²) in [7, 11) is 0. The van der Waals surface area contributed by atoms with Crippen LogP contribution in [0.25, 0.3) is 0 Å². The molecule has 0 aliphatic heterocycles. The van der Waals surface area contributed by atoms with Crippen LogP contribution in [0.3, 0.4) is 0 Å². The lowest BCUT2D eigenvalue weighted by Gasteiger charge is -2.11. The monoisotopic (exact) mass is 197 g/mol. The summed E-state index contributed by atoms with van der Waals surface area (Å²) < 4.78 is 0. The molecule has 1 aromatic rings. The first-order valence-corrected chi connectivity index (χ1v) is 4.31. The van der Waals surface area contributed by atoms with Gasteiger partial charge >= 0.3 is 0 Å². The number of pyridine rings is 1. The molecule has 0 saturated carbocycles. The van der Waals surface area contributed by atoms with E-state index < -0.39 is 0 Å². The van der Waals surface area contributed by atoms with Crippen LogP contribution < -0.4 is 11.1 Å². The largest absolute Gasteiger partial charge is 0.397 e. The third-order valence-electron chi connectivity index (χ3n) is 1.58. The molecule has 1 unspecified atom stereocenters. The zero-order valence-electron chi connectivity index (χ0n) is 7.42. The molecular formula is C9H12ClN3. The highest BCUT2D eigenvalue weighted by Gasteiger charge is 2.03. The molecule has 70 valence electrons. The van der Waals surface area contributed by atoms with E-state index >= 15 is 0 Å². The Balaban J connectivity index is 2.83. The summed E-state index contributed by atoms with van der Waals surface area (Å²) in [5, 5.41) is 3.59. The number of anilines is 2. The van der Waals surface area contributed by atoms with Gasteiger partial charge < -0.3 is 11.1 Å². The highest BCUT2D eigenvalue weighted by molar-refractivity contribution is 6.33. The van der Waals surface area contributed by atoms with Crippen molar-refractivity contribution in [1.82, 2.24) is 4.98 Å². The fourth-order valence-electron chi connectivity index (χ4n) is 0.833. The van der Waals surface area contributed by atoms with Gasteiger partial charge in [-0.1, -0.05) is 17.7 Å². The Morgan fingerprint density at radius 2 is 2.46 bits per heavy atom. The van der Waals surface area contributed by atoms with Crippen LogP contribution in [0.5, 0.6) is 0 Å². The summed E-state index contributed by atoms with van der Waals surface area (Å²) >= 11 is 5.89. The molecule has 1 aromatic heterocycles. The van der Waals surface area contributed by atoms with Gasteiger partial charge in [0.15, 0.2) is 0 Å². The second kappa shape index (κ2) is 4.14. The predicted molar refractivity (Wildman–Crippen MR) is 56.9 cm³/mol. The minimum Gasteiger partial charge on any atom is -0.397 e. The lowest BCUT2D eigenvalue weighted by Crippen LogP contribution is -2.12. The summed E-state index contributed by atoms with van der Waals surface area (Å²) in [6.07, 6.45) is 3.33. The van der Waals surface area contributed by atoms with Crippen molar-refractivity contribution in [3.05, 3.63) is 29.9 Å². The average molecular weight is 198 g/mol. The molecule has 0 spiro atoms. The highest BCUT2D eigenvalue weighted by Crippen LogP contribution is 2.21. The Kier molecular flexibility index (Phi) is 3.14. The van der Waals surface area contributed by atoms with Crippen LogP contribution in [0.15, 0.2) is 24.9 Å². The number of aromatic nitrogens is 1. The molecule has 0 fully saturated rings. The second-order valence-corrected chi connectivity index (χ2v) is 3.17. The SMILES string of the molecule is C=CC(C)Nc1ncc(N)cc1Cl. The van der Waals surface area contributed by atoms with Crippen molar-refractivity contribution in [3.63, 3.8) is 0 Å². The molecular weight excluding hydrogens is 186 g/mol. The maximum Gasteiger partial charge on any atom is 0.145 e. The smallest absolute Gasteiger partial charge is 0.145 e. The van der Waals surface area contributed by atoms with Crippen molar-refractivity contribution in [2.24, 2.45) is 0 Å². The summed E-state index contributed by atoms with van der Waals surface area (Å²) in [6, 6.07) is 1.79. The number of hydrogen-bond donors (Lipinski definition) is 2. The number of halogens is 1. The summed E-state index contributed by atoms with van der Waals surface area (Å²) in [5.41, 5.74) is 6.05. The molecule has 0 radical (unpaired) electrons. The molecule has 3 nitrogen and oxygen atoms in total. The van der Waals surface area contributed by atoms with Gasteiger partial charge in [-0.15, -0.1) is 6.58 Å². The number of hydrogen-bond acceptors (Lipinski definition) is 3. The second-order valence-electron chi connectivity index (χ2n) is 2.77. The first kappa shape index (κ1) is 9.86. The van der Waals surface area contributed by atoms with Crippen LogP contribution in [0, 0.1) is 0 Å². The minimum absolute atomic E-state index is 0.133. The quantitative estimate of drug-likeness (QED) is 0.732. The standard InChI is InChI=1S/C9H12ClN3/c1-3-6(2)13-9-8(10)4-7(11)5-12-9/h3-6H,1,11H2,2H3,(H,12,13). The van der Waals surface area contributed by atoms with Crippen molar-refractivity contribution < 1.29 is 0 Å². The van der Waals surface area contributed by atoms with E-state index in [0.717, 1.165) is 0 Å². The van der Waals surface area contributed by atoms with Crippen molar-refractivity contribution in [3.8, 4) is 0 Å². The average Bonchev–Trinajstić information content (AvgIpc) is 2.09. The van der Waals surface area contributed by atoms with Gasteiger partial charge in [0.2, 0.25) is 0 Å². The molecule has 3 N–H and O–H groups in total. The van der Waals surface area contributed by atoms with Gasteiger partial charge in [-0.2, -0.15) is 0 Å². The predicted octanol–water partition coefficient (Wildman–Crippen LogP) is 2.30. The summed E-state index contributed by atoms with van der Waals surface area (Å²) in [6.45, 7) is 5.61. The van der Waals surface area contributed by atoms with Crippen LogP contribution >= 0.6 is 11.6 Å². The van der Waals surface area contributed by atoms with E-state index in [1.54, 1.807) is 18.3 Å². The number of nitrogens with one attached hydrogen (secondary N) is 1. The molecule has 4 heteroatoms. The van der Waals surface area contributed by atoms with Gasteiger partial charge in [0.1, 0.15) is 5.82 Å². The van der Waals surface area contributed by atoms with Crippen LogP contribution in [0.2, 0.25) is 5.02 Å². The van der Waals surface area contributed by atoms with Gasteiger partial charge in [-0.05, 0) is 13.0 Å². The highest BCUT2D eigenvalue weighted by atomic mass is 35.5. The normalized spacial score (nSPS) is 12.2. The minimum atomic E-state index is 0.133. The van der Waals surface area contributed by atoms with Crippen molar-refractivity contribution in [2.45, 2.75) is 13.0 Å². The van der Waals surface area contributed by atoms with E-state index in [2.05, 4.69) is 16.9 Å². The van der Waals surface area contributed by atoms with E-state index in [9.17, 15) is 0 Å². The number of nitrogen functional groups attached to an aromatic ring is 1. The van der Waals surface area contributed by atoms with E-state index in [1.165, 1.54) is 0 Å². The number of nitrogens with zero attached hydrogens (tertiary/aromatic N) is 1. The molecule has 0 aromatic carbocycles. The third-order valence-corrected chi connectivity index (χ3v) is 1.87. The molecule has 1 rings (SSSR count). The van der Waals surface area contributed by atoms with Gasteiger partial charge in [0, 0.05) is 6.04 Å². The van der Waals surface area contributed by atoms with Crippen LogP contribution in [0.4, 0.5) is 11.5 Å². The van der Waals surface area contributed by atoms with Crippen molar-refractivity contribution >= 4 is 23.1 Å². The van der Waals surface area contributed by atoms with E-state index in [4.69, 9.17) is 17.3 Å².